The minimum Gasteiger partial charge on any atom is -0.235 e. The van der Waals surface area contributed by atoms with E-state index in [0.29, 0.717) is 24.2 Å². The van der Waals surface area contributed by atoms with Gasteiger partial charge in [0.1, 0.15) is 10.7 Å². The van der Waals surface area contributed by atoms with E-state index in [1.165, 1.54) is 18.5 Å². The fourth-order valence-electron chi connectivity index (χ4n) is 3.25. The Kier molecular flexibility index (Phi) is 4.72. The molecule has 1 saturated carbocycles. The van der Waals surface area contributed by atoms with E-state index >= 15 is 0 Å². The molecule has 0 amide bonds. The lowest BCUT2D eigenvalue weighted by Crippen LogP contribution is -2.43. The summed E-state index contributed by atoms with van der Waals surface area (Å²) in [6.07, 6.45) is 3.77. The molecule has 1 aromatic heterocycles. The Morgan fingerprint density at radius 1 is 0.926 bits per heavy atom. The summed E-state index contributed by atoms with van der Waals surface area (Å²) in [6, 6.07) is 15.8. The van der Waals surface area contributed by atoms with Gasteiger partial charge in [-0.3, -0.25) is 0 Å². The average molecular weight is 383 g/mol. The molecule has 7 heteroatoms. The molecule has 5 nitrogen and oxygen atoms in total. The van der Waals surface area contributed by atoms with Crippen LogP contribution in [0.15, 0.2) is 71.9 Å². The van der Waals surface area contributed by atoms with Gasteiger partial charge in [0.05, 0.1) is 12.4 Å². The standard InChI is InChI=1S/C20H18FN3O2S/c21-19-9-5-4-8-18(19)15-10-16(11-15)24-27(25,26)17-12-22-20(23-13-17)14-6-2-1-3-7-14/h1-9,12-13,15-16,24H,10-11H2. The molecule has 0 unspecified atom stereocenters. The van der Waals surface area contributed by atoms with Crippen molar-refractivity contribution >= 4 is 10.0 Å². The van der Waals surface area contributed by atoms with Gasteiger partial charge in [-0.25, -0.2) is 27.5 Å². The summed E-state index contributed by atoms with van der Waals surface area (Å²) in [6.45, 7) is 0. The highest BCUT2D eigenvalue weighted by Gasteiger charge is 2.35. The molecule has 0 bridgehead atoms. The number of sulfonamides is 1. The molecule has 1 fully saturated rings. The zero-order valence-electron chi connectivity index (χ0n) is 14.4. The molecule has 0 saturated heterocycles. The van der Waals surface area contributed by atoms with Crippen molar-refractivity contribution in [1.29, 1.82) is 0 Å². The van der Waals surface area contributed by atoms with Crippen LogP contribution in [0, 0.1) is 5.82 Å². The first-order valence-corrected chi connectivity index (χ1v) is 10.2. The normalized spacial score (nSPS) is 19.4. The number of benzene rings is 2. The first-order valence-electron chi connectivity index (χ1n) is 8.67. The van der Waals surface area contributed by atoms with Gasteiger partial charge in [-0.05, 0) is 30.4 Å². The van der Waals surface area contributed by atoms with Crippen LogP contribution < -0.4 is 4.72 Å². The summed E-state index contributed by atoms with van der Waals surface area (Å²) in [5, 5.41) is 0. The molecule has 138 valence electrons. The van der Waals surface area contributed by atoms with E-state index in [0.717, 1.165) is 5.56 Å². The van der Waals surface area contributed by atoms with Crippen molar-refractivity contribution in [3.05, 3.63) is 78.4 Å². The van der Waals surface area contributed by atoms with Gasteiger partial charge in [0, 0.05) is 11.6 Å². The maximum absolute atomic E-state index is 13.8. The highest BCUT2D eigenvalue weighted by atomic mass is 32.2. The summed E-state index contributed by atoms with van der Waals surface area (Å²) >= 11 is 0. The molecular weight excluding hydrogens is 365 g/mol. The van der Waals surface area contributed by atoms with Crippen molar-refractivity contribution in [2.24, 2.45) is 0 Å². The van der Waals surface area contributed by atoms with Crippen LogP contribution in [0.4, 0.5) is 4.39 Å². The number of hydrogen-bond acceptors (Lipinski definition) is 4. The van der Waals surface area contributed by atoms with Crippen molar-refractivity contribution < 1.29 is 12.8 Å². The predicted octanol–water partition coefficient (Wildman–Crippen LogP) is 3.51. The van der Waals surface area contributed by atoms with Gasteiger partial charge < -0.3 is 0 Å². The summed E-state index contributed by atoms with van der Waals surface area (Å²) in [5.74, 6) is 0.266. The maximum atomic E-state index is 13.8. The second kappa shape index (κ2) is 7.17. The monoisotopic (exact) mass is 383 g/mol. The SMILES string of the molecule is O=S(=O)(NC1CC(c2ccccc2F)C1)c1cnc(-c2ccccc2)nc1. The van der Waals surface area contributed by atoms with Gasteiger partial charge in [-0.15, -0.1) is 0 Å². The molecule has 1 heterocycles. The van der Waals surface area contributed by atoms with Crippen molar-refractivity contribution in [1.82, 2.24) is 14.7 Å². The number of nitrogens with one attached hydrogen (secondary N) is 1. The predicted molar refractivity (Wildman–Crippen MR) is 100.0 cm³/mol. The Morgan fingerprint density at radius 3 is 2.22 bits per heavy atom. The van der Waals surface area contributed by atoms with Gasteiger partial charge >= 0.3 is 0 Å². The fraction of sp³-hybridized carbons (Fsp3) is 0.200. The van der Waals surface area contributed by atoms with E-state index in [4.69, 9.17) is 0 Å². The van der Waals surface area contributed by atoms with Crippen molar-refractivity contribution in [2.45, 2.75) is 29.7 Å². The number of aromatic nitrogens is 2. The summed E-state index contributed by atoms with van der Waals surface area (Å²) < 4.78 is 41.5. The van der Waals surface area contributed by atoms with Crippen LogP contribution in [-0.2, 0) is 10.0 Å². The Balaban J connectivity index is 1.42. The van der Waals surface area contributed by atoms with E-state index in [2.05, 4.69) is 14.7 Å². The Morgan fingerprint density at radius 2 is 1.56 bits per heavy atom. The molecule has 2 aromatic carbocycles. The molecule has 1 aliphatic carbocycles. The van der Waals surface area contributed by atoms with Gasteiger partial charge in [-0.1, -0.05) is 48.5 Å². The average Bonchev–Trinajstić information content (AvgIpc) is 2.66. The van der Waals surface area contributed by atoms with E-state index < -0.39 is 10.0 Å². The molecule has 1 aliphatic rings. The van der Waals surface area contributed by atoms with Crippen molar-refractivity contribution in [3.8, 4) is 11.4 Å². The Labute approximate surface area is 157 Å². The van der Waals surface area contributed by atoms with Gasteiger partial charge in [0.2, 0.25) is 10.0 Å². The zero-order chi connectivity index (χ0) is 18.9. The molecule has 1 N–H and O–H groups in total. The van der Waals surface area contributed by atoms with Crippen LogP contribution in [0.25, 0.3) is 11.4 Å². The molecule has 0 aliphatic heterocycles. The van der Waals surface area contributed by atoms with Crippen molar-refractivity contribution in [3.63, 3.8) is 0 Å². The first-order chi connectivity index (χ1) is 13.0. The third-order valence-corrected chi connectivity index (χ3v) is 6.25. The molecule has 0 atom stereocenters. The highest BCUT2D eigenvalue weighted by Crippen LogP contribution is 2.38. The summed E-state index contributed by atoms with van der Waals surface area (Å²) in [4.78, 5) is 8.35. The Hall–Kier alpha value is -2.64. The minimum atomic E-state index is -3.70. The topological polar surface area (TPSA) is 72.0 Å². The van der Waals surface area contributed by atoms with Crippen LogP contribution in [0.3, 0.4) is 0 Å². The Bertz CT molecular complexity index is 1030. The number of rotatable bonds is 5. The second-order valence-electron chi connectivity index (χ2n) is 6.62. The molecular formula is C20H18FN3O2S. The maximum Gasteiger partial charge on any atom is 0.243 e. The van der Waals surface area contributed by atoms with Crippen LogP contribution >= 0.6 is 0 Å². The molecule has 3 aromatic rings. The lowest BCUT2D eigenvalue weighted by molar-refractivity contribution is 0.319. The summed E-state index contributed by atoms with van der Waals surface area (Å²) in [5.41, 5.74) is 1.46. The molecule has 0 radical (unpaired) electrons. The van der Waals surface area contributed by atoms with E-state index in [1.54, 1.807) is 18.2 Å². The van der Waals surface area contributed by atoms with Crippen molar-refractivity contribution in [2.75, 3.05) is 0 Å². The van der Waals surface area contributed by atoms with Gasteiger partial charge in [-0.2, -0.15) is 0 Å². The molecule has 4 rings (SSSR count). The summed E-state index contributed by atoms with van der Waals surface area (Å²) in [7, 11) is -3.70. The number of hydrogen-bond donors (Lipinski definition) is 1. The van der Waals surface area contributed by atoms with E-state index in [1.807, 2.05) is 30.3 Å². The van der Waals surface area contributed by atoms with Gasteiger partial charge in [0.15, 0.2) is 5.82 Å². The lowest BCUT2D eigenvalue weighted by atomic mass is 9.76. The number of nitrogens with zero attached hydrogens (tertiary/aromatic N) is 2. The van der Waals surface area contributed by atoms with E-state index in [9.17, 15) is 12.8 Å². The second-order valence-corrected chi connectivity index (χ2v) is 8.33. The van der Waals surface area contributed by atoms with Crippen LogP contribution in [0.5, 0.6) is 0 Å². The van der Waals surface area contributed by atoms with Crippen LogP contribution in [0.2, 0.25) is 0 Å². The first kappa shape index (κ1) is 17.8. The lowest BCUT2D eigenvalue weighted by Gasteiger charge is -2.36. The largest absolute Gasteiger partial charge is 0.243 e. The van der Waals surface area contributed by atoms with Gasteiger partial charge in [0.25, 0.3) is 0 Å². The number of halogens is 1. The van der Waals surface area contributed by atoms with Crippen LogP contribution in [0.1, 0.15) is 24.3 Å². The molecule has 27 heavy (non-hydrogen) atoms. The third kappa shape index (κ3) is 3.74. The fourth-order valence-corrected chi connectivity index (χ4v) is 4.40. The molecule has 0 spiro atoms. The van der Waals surface area contributed by atoms with E-state index in [-0.39, 0.29) is 22.7 Å². The highest BCUT2D eigenvalue weighted by molar-refractivity contribution is 7.89. The smallest absolute Gasteiger partial charge is 0.235 e. The third-order valence-electron chi connectivity index (χ3n) is 4.78. The minimum absolute atomic E-state index is 0.0246. The zero-order valence-corrected chi connectivity index (χ0v) is 15.2. The van der Waals surface area contributed by atoms with Crippen LogP contribution in [-0.4, -0.2) is 24.4 Å². The quantitative estimate of drug-likeness (QED) is 0.732.